The number of benzene rings is 3. The number of imidazole rings is 1. The van der Waals surface area contributed by atoms with Crippen molar-refractivity contribution in [1.29, 1.82) is 0 Å². The number of pyridine rings is 1. The van der Waals surface area contributed by atoms with E-state index in [0.717, 1.165) is 16.2 Å². The number of fused-ring (bicyclic) bond motifs is 4. The van der Waals surface area contributed by atoms with Gasteiger partial charge in [0.15, 0.2) is 0 Å². The normalized spacial score (nSPS) is 11.8. The zero-order valence-electron chi connectivity index (χ0n) is 12.4. The summed E-state index contributed by atoms with van der Waals surface area (Å²) in [5, 5.41) is 12.6. The lowest BCUT2D eigenvalue weighted by Gasteiger charge is -2.06. The van der Waals surface area contributed by atoms with Crippen LogP contribution in [0.5, 0.6) is 0 Å². The Hall–Kier alpha value is -3.47. The molecule has 0 bridgehead atoms. The Kier molecular flexibility index (Phi) is 2.33. The number of carbonyl (C=O) groups is 1. The molecule has 0 aliphatic heterocycles. The first-order valence-electron chi connectivity index (χ1n) is 7.48. The summed E-state index contributed by atoms with van der Waals surface area (Å²) in [7, 11) is 0. The van der Waals surface area contributed by atoms with Crippen LogP contribution in [0.2, 0.25) is 0 Å². The van der Waals surface area contributed by atoms with E-state index in [1.807, 2.05) is 30.3 Å². The van der Waals surface area contributed by atoms with Gasteiger partial charge in [-0.05, 0) is 29.7 Å². The first-order chi connectivity index (χ1) is 11.6. The standard InChI is InChI=1S/C19H10N2O3/c22-18-13-6-2-4-10-3-1-5-12(16(10)13)17-20-14-8-7-11(19(23)24)9-15(14)21(17)18/h1-9H,(H,23,24). The molecule has 3 aromatic carbocycles. The second-order valence-electron chi connectivity index (χ2n) is 5.79. The third kappa shape index (κ3) is 1.50. The van der Waals surface area contributed by atoms with Gasteiger partial charge in [-0.1, -0.05) is 30.3 Å². The summed E-state index contributed by atoms with van der Waals surface area (Å²) in [6.45, 7) is 0. The second-order valence-corrected chi connectivity index (χ2v) is 5.79. The maximum Gasteiger partial charge on any atom is 0.335 e. The minimum atomic E-state index is -1.03. The Bertz CT molecular complexity index is 1350. The molecule has 0 aliphatic rings. The van der Waals surface area contributed by atoms with Crippen LogP contribution in [0.4, 0.5) is 0 Å². The third-order valence-electron chi connectivity index (χ3n) is 4.48. The number of hydrogen-bond acceptors (Lipinski definition) is 3. The first-order valence-corrected chi connectivity index (χ1v) is 7.48. The van der Waals surface area contributed by atoms with Crippen LogP contribution in [0.15, 0.2) is 59.4 Å². The molecule has 24 heavy (non-hydrogen) atoms. The summed E-state index contributed by atoms with van der Waals surface area (Å²) >= 11 is 0. The molecule has 0 spiro atoms. The highest BCUT2D eigenvalue weighted by Gasteiger charge is 2.16. The van der Waals surface area contributed by atoms with Gasteiger partial charge in [-0.15, -0.1) is 0 Å². The van der Waals surface area contributed by atoms with Gasteiger partial charge >= 0.3 is 5.97 Å². The van der Waals surface area contributed by atoms with Crippen LogP contribution < -0.4 is 5.56 Å². The van der Waals surface area contributed by atoms with Crippen molar-refractivity contribution in [2.24, 2.45) is 0 Å². The number of nitrogens with zero attached hydrogens (tertiary/aromatic N) is 2. The van der Waals surface area contributed by atoms with Crippen molar-refractivity contribution in [3.63, 3.8) is 0 Å². The fourth-order valence-electron chi connectivity index (χ4n) is 3.42. The minimum absolute atomic E-state index is 0.134. The average molecular weight is 314 g/mol. The molecule has 5 aromatic rings. The number of aromatic carboxylic acids is 1. The Morgan fingerprint density at radius 1 is 1.00 bits per heavy atom. The van der Waals surface area contributed by atoms with Crippen LogP contribution >= 0.6 is 0 Å². The van der Waals surface area contributed by atoms with Crippen LogP contribution in [0, 0.1) is 0 Å². The maximum absolute atomic E-state index is 13.0. The van der Waals surface area contributed by atoms with Crippen LogP contribution in [-0.4, -0.2) is 20.5 Å². The van der Waals surface area contributed by atoms with Gasteiger partial charge in [-0.3, -0.25) is 9.20 Å². The number of rotatable bonds is 1. The zero-order chi connectivity index (χ0) is 16.4. The monoisotopic (exact) mass is 314 g/mol. The number of carboxylic acid groups (broad SMARTS) is 1. The van der Waals surface area contributed by atoms with E-state index in [2.05, 4.69) is 4.98 Å². The molecule has 2 heterocycles. The maximum atomic E-state index is 13.0. The van der Waals surface area contributed by atoms with Crippen molar-refractivity contribution in [3.8, 4) is 0 Å². The minimum Gasteiger partial charge on any atom is -0.478 e. The summed E-state index contributed by atoms with van der Waals surface area (Å²) in [5.41, 5.74) is 1.63. The smallest absolute Gasteiger partial charge is 0.335 e. The van der Waals surface area contributed by atoms with Crippen molar-refractivity contribution in [3.05, 3.63) is 70.5 Å². The molecule has 0 aliphatic carbocycles. The van der Waals surface area contributed by atoms with Crippen LogP contribution in [0.3, 0.4) is 0 Å². The predicted molar refractivity (Wildman–Crippen MR) is 92.1 cm³/mol. The molecule has 0 saturated carbocycles. The molecule has 0 atom stereocenters. The fraction of sp³-hybridized carbons (Fsp3) is 0. The highest BCUT2D eigenvalue weighted by atomic mass is 16.4. The topological polar surface area (TPSA) is 71.7 Å². The van der Waals surface area contributed by atoms with Gasteiger partial charge in [0.25, 0.3) is 5.56 Å². The van der Waals surface area contributed by atoms with Gasteiger partial charge in [0.1, 0.15) is 5.65 Å². The predicted octanol–water partition coefficient (Wildman–Crippen LogP) is 3.29. The summed E-state index contributed by atoms with van der Waals surface area (Å²) in [5.74, 6) is -1.03. The van der Waals surface area contributed by atoms with Gasteiger partial charge in [-0.25, -0.2) is 9.78 Å². The zero-order valence-corrected chi connectivity index (χ0v) is 12.4. The first kappa shape index (κ1) is 13.0. The Balaban J connectivity index is 2.13. The van der Waals surface area contributed by atoms with Gasteiger partial charge in [0.05, 0.1) is 16.6 Å². The molecule has 0 unspecified atom stereocenters. The van der Waals surface area contributed by atoms with Crippen molar-refractivity contribution >= 4 is 44.2 Å². The molecule has 1 N–H and O–H groups in total. The van der Waals surface area contributed by atoms with Crippen molar-refractivity contribution in [1.82, 2.24) is 9.38 Å². The van der Waals surface area contributed by atoms with Crippen molar-refractivity contribution < 1.29 is 9.90 Å². The number of hydrogen-bond donors (Lipinski definition) is 1. The Morgan fingerprint density at radius 2 is 1.75 bits per heavy atom. The second kappa shape index (κ2) is 4.29. The van der Waals surface area contributed by atoms with Crippen LogP contribution in [0.25, 0.3) is 38.2 Å². The Morgan fingerprint density at radius 3 is 2.50 bits per heavy atom. The average Bonchev–Trinajstić information content (AvgIpc) is 2.98. The highest BCUT2D eigenvalue weighted by Crippen LogP contribution is 2.29. The van der Waals surface area contributed by atoms with E-state index in [1.165, 1.54) is 16.5 Å². The van der Waals surface area contributed by atoms with E-state index in [-0.39, 0.29) is 11.1 Å². The number of carboxylic acids is 1. The third-order valence-corrected chi connectivity index (χ3v) is 4.48. The molecule has 0 amide bonds. The highest BCUT2D eigenvalue weighted by molar-refractivity contribution is 6.15. The van der Waals surface area contributed by atoms with Crippen molar-refractivity contribution in [2.75, 3.05) is 0 Å². The van der Waals surface area contributed by atoms with Gasteiger partial charge in [-0.2, -0.15) is 0 Å². The van der Waals surface area contributed by atoms with Gasteiger partial charge in [0, 0.05) is 16.2 Å². The summed E-state index contributed by atoms with van der Waals surface area (Å²) in [6, 6.07) is 16.1. The van der Waals surface area contributed by atoms with Gasteiger partial charge < -0.3 is 5.11 Å². The molecule has 0 fully saturated rings. The molecule has 5 heteroatoms. The van der Waals surface area contributed by atoms with Crippen molar-refractivity contribution in [2.45, 2.75) is 0 Å². The van der Waals surface area contributed by atoms with E-state index in [4.69, 9.17) is 0 Å². The van der Waals surface area contributed by atoms with Gasteiger partial charge in [0.2, 0.25) is 0 Å². The lowest BCUT2D eigenvalue weighted by atomic mass is 10.0. The quantitative estimate of drug-likeness (QED) is 0.515. The largest absolute Gasteiger partial charge is 0.478 e. The molecular weight excluding hydrogens is 304 g/mol. The van der Waals surface area contributed by atoms with Crippen LogP contribution in [0.1, 0.15) is 10.4 Å². The number of aromatic nitrogens is 2. The molecule has 2 aromatic heterocycles. The van der Waals surface area contributed by atoms with E-state index in [1.54, 1.807) is 12.1 Å². The SMILES string of the molecule is O=C(O)c1ccc2nc3c4cccc5cccc(c(=O)n3c2c1)c54. The molecule has 5 rings (SSSR count). The lowest BCUT2D eigenvalue weighted by molar-refractivity contribution is 0.0697. The summed E-state index contributed by atoms with van der Waals surface area (Å²) in [4.78, 5) is 28.9. The van der Waals surface area contributed by atoms with E-state index in [9.17, 15) is 14.7 Å². The molecular formula is C19H10N2O3. The van der Waals surface area contributed by atoms with E-state index >= 15 is 0 Å². The fourth-order valence-corrected chi connectivity index (χ4v) is 3.42. The van der Waals surface area contributed by atoms with E-state index < -0.39 is 5.97 Å². The molecule has 5 nitrogen and oxygen atoms in total. The Labute approximate surface area is 134 Å². The molecule has 0 saturated heterocycles. The lowest BCUT2D eigenvalue weighted by Crippen LogP contribution is -2.13. The summed E-state index contributed by atoms with van der Waals surface area (Å²) < 4.78 is 1.51. The van der Waals surface area contributed by atoms with E-state index in [0.29, 0.717) is 22.1 Å². The summed E-state index contributed by atoms with van der Waals surface area (Å²) in [6.07, 6.45) is 0. The molecule has 114 valence electrons. The van der Waals surface area contributed by atoms with Crippen LogP contribution in [-0.2, 0) is 0 Å². The molecule has 0 radical (unpaired) electrons.